The summed E-state index contributed by atoms with van der Waals surface area (Å²) in [5, 5.41) is 3.31. The third kappa shape index (κ3) is 4.58. The molecule has 1 aromatic heterocycles. The molecule has 1 N–H and O–H groups in total. The van der Waals surface area contributed by atoms with Gasteiger partial charge in [0.15, 0.2) is 0 Å². The lowest BCUT2D eigenvalue weighted by molar-refractivity contribution is 0.263. The fraction of sp³-hybridized carbons (Fsp3) is 0.375. The van der Waals surface area contributed by atoms with Crippen molar-refractivity contribution in [2.24, 2.45) is 0 Å². The first-order chi connectivity index (χ1) is 9.95. The van der Waals surface area contributed by atoms with Gasteiger partial charge in [-0.3, -0.25) is 0 Å². The molecular formula is C16H19BrFNO2. The number of nitrogens with one attached hydrogen (secondary N) is 1. The van der Waals surface area contributed by atoms with E-state index in [9.17, 15) is 4.39 Å². The topological polar surface area (TPSA) is 34.4 Å². The number of ether oxygens (including phenoxy) is 1. The Kier molecular flexibility index (Phi) is 5.42. The lowest BCUT2D eigenvalue weighted by Gasteiger charge is -2.06. The molecule has 0 amide bonds. The Bertz CT molecular complexity index is 610. The maximum Gasteiger partial charge on any atom is 0.146 e. The Labute approximate surface area is 132 Å². The van der Waals surface area contributed by atoms with E-state index in [2.05, 4.69) is 35.1 Å². The van der Waals surface area contributed by atoms with Crippen molar-refractivity contribution in [2.75, 3.05) is 0 Å². The predicted molar refractivity (Wildman–Crippen MR) is 83.9 cm³/mol. The van der Waals surface area contributed by atoms with E-state index in [0.717, 1.165) is 17.1 Å². The van der Waals surface area contributed by atoms with Crippen LogP contribution < -0.4 is 10.1 Å². The highest BCUT2D eigenvalue weighted by molar-refractivity contribution is 9.10. The third-order valence-corrected chi connectivity index (χ3v) is 3.66. The monoisotopic (exact) mass is 355 g/mol. The van der Waals surface area contributed by atoms with Crippen molar-refractivity contribution in [1.29, 1.82) is 0 Å². The van der Waals surface area contributed by atoms with Crippen molar-refractivity contribution in [3.63, 3.8) is 0 Å². The predicted octanol–water partition coefficient (Wildman–Crippen LogP) is 4.57. The second-order valence-corrected chi connectivity index (χ2v) is 6.07. The van der Waals surface area contributed by atoms with Crippen molar-refractivity contribution >= 4 is 15.9 Å². The molecule has 0 unspecified atom stereocenters. The quantitative estimate of drug-likeness (QED) is 0.824. The fourth-order valence-corrected chi connectivity index (χ4v) is 2.10. The van der Waals surface area contributed by atoms with Gasteiger partial charge in [-0.1, -0.05) is 13.8 Å². The van der Waals surface area contributed by atoms with Crippen molar-refractivity contribution in [3.05, 3.63) is 51.6 Å². The van der Waals surface area contributed by atoms with Gasteiger partial charge in [0.2, 0.25) is 0 Å². The summed E-state index contributed by atoms with van der Waals surface area (Å²) in [4.78, 5) is 0. The van der Waals surface area contributed by atoms with Gasteiger partial charge < -0.3 is 14.5 Å². The summed E-state index contributed by atoms with van der Waals surface area (Å²) >= 11 is 3.11. The molecule has 0 saturated heterocycles. The Morgan fingerprint density at radius 1 is 1.33 bits per heavy atom. The molecule has 1 aromatic carbocycles. The summed E-state index contributed by atoms with van der Waals surface area (Å²) in [6.07, 6.45) is 0. The standard InChI is InChI=1S/C16H19BrFNO2/c1-10(2)19-8-16-11(3)6-13(21-16)9-20-12-4-5-14(17)15(18)7-12/h4-7,10,19H,8-9H2,1-3H3. The Morgan fingerprint density at radius 3 is 2.76 bits per heavy atom. The van der Waals surface area contributed by atoms with Crippen molar-refractivity contribution in [2.45, 2.75) is 40.0 Å². The van der Waals surface area contributed by atoms with E-state index in [1.54, 1.807) is 12.1 Å². The second kappa shape index (κ2) is 7.09. The average molecular weight is 356 g/mol. The van der Waals surface area contributed by atoms with Crippen molar-refractivity contribution < 1.29 is 13.5 Å². The van der Waals surface area contributed by atoms with Gasteiger partial charge in [0, 0.05) is 12.1 Å². The third-order valence-electron chi connectivity index (χ3n) is 3.01. The lowest BCUT2D eigenvalue weighted by atomic mass is 10.2. The molecular weight excluding hydrogens is 337 g/mol. The number of hydrogen-bond acceptors (Lipinski definition) is 3. The minimum atomic E-state index is -0.343. The molecule has 0 atom stereocenters. The van der Waals surface area contributed by atoms with Crippen LogP contribution in [0.4, 0.5) is 4.39 Å². The zero-order chi connectivity index (χ0) is 15.4. The number of furan rings is 1. The van der Waals surface area contributed by atoms with Crippen LogP contribution in [-0.4, -0.2) is 6.04 Å². The molecule has 0 radical (unpaired) electrons. The highest BCUT2D eigenvalue weighted by Crippen LogP contribution is 2.22. The molecule has 0 spiro atoms. The van der Waals surface area contributed by atoms with Crippen LogP contribution in [0.3, 0.4) is 0 Å². The van der Waals surface area contributed by atoms with Gasteiger partial charge in [-0.05, 0) is 46.6 Å². The summed E-state index contributed by atoms with van der Waals surface area (Å²) in [7, 11) is 0. The van der Waals surface area contributed by atoms with Crippen LogP contribution in [0, 0.1) is 12.7 Å². The molecule has 1 heterocycles. The smallest absolute Gasteiger partial charge is 0.146 e. The maximum atomic E-state index is 13.4. The molecule has 2 rings (SSSR count). The van der Waals surface area contributed by atoms with Crippen LogP contribution in [-0.2, 0) is 13.2 Å². The lowest BCUT2D eigenvalue weighted by Crippen LogP contribution is -2.21. The summed E-state index contributed by atoms with van der Waals surface area (Å²) in [6, 6.07) is 7.04. The average Bonchev–Trinajstić information content (AvgIpc) is 2.78. The maximum absolute atomic E-state index is 13.4. The molecule has 0 aliphatic carbocycles. The van der Waals surface area contributed by atoms with Gasteiger partial charge in [0.1, 0.15) is 29.7 Å². The highest BCUT2D eigenvalue weighted by atomic mass is 79.9. The van der Waals surface area contributed by atoms with E-state index in [0.29, 0.717) is 22.8 Å². The van der Waals surface area contributed by atoms with Crippen LogP contribution in [0.2, 0.25) is 0 Å². The molecule has 0 aliphatic rings. The minimum absolute atomic E-state index is 0.281. The number of rotatable bonds is 6. The number of aryl methyl sites for hydroxylation is 1. The SMILES string of the molecule is Cc1cc(COc2ccc(Br)c(F)c2)oc1CNC(C)C. The Hall–Kier alpha value is -1.33. The Morgan fingerprint density at radius 2 is 2.10 bits per heavy atom. The van der Waals surface area contributed by atoms with E-state index in [1.165, 1.54) is 6.07 Å². The minimum Gasteiger partial charge on any atom is -0.486 e. The summed E-state index contributed by atoms with van der Waals surface area (Å²) in [5.41, 5.74) is 1.09. The Balaban J connectivity index is 1.96. The van der Waals surface area contributed by atoms with Crippen LogP contribution in [0.25, 0.3) is 0 Å². The first kappa shape index (κ1) is 16.0. The highest BCUT2D eigenvalue weighted by Gasteiger charge is 2.09. The van der Waals surface area contributed by atoms with Gasteiger partial charge in [-0.25, -0.2) is 4.39 Å². The van der Waals surface area contributed by atoms with Gasteiger partial charge in [0.25, 0.3) is 0 Å². The molecule has 5 heteroatoms. The molecule has 0 fully saturated rings. The zero-order valence-electron chi connectivity index (χ0n) is 12.4. The van der Waals surface area contributed by atoms with E-state index in [4.69, 9.17) is 9.15 Å². The van der Waals surface area contributed by atoms with Gasteiger partial charge >= 0.3 is 0 Å². The van der Waals surface area contributed by atoms with Crippen LogP contribution in [0.1, 0.15) is 30.9 Å². The van der Waals surface area contributed by atoms with E-state index < -0.39 is 0 Å². The van der Waals surface area contributed by atoms with Crippen LogP contribution in [0.5, 0.6) is 5.75 Å². The molecule has 0 saturated carbocycles. The van der Waals surface area contributed by atoms with Gasteiger partial charge in [-0.15, -0.1) is 0 Å². The van der Waals surface area contributed by atoms with Crippen molar-refractivity contribution in [3.8, 4) is 5.75 Å². The van der Waals surface area contributed by atoms with E-state index in [1.807, 2.05) is 13.0 Å². The summed E-state index contributed by atoms with van der Waals surface area (Å²) < 4.78 is 25.1. The normalized spacial score (nSPS) is 11.1. The summed E-state index contributed by atoms with van der Waals surface area (Å²) in [6.45, 7) is 7.15. The van der Waals surface area contributed by atoms with Gasteiger partial charge in [-0.2, -0.15) is 0 Å². The molecule has 2 aromatic rings. The van der Waals surface area contributed by atoms with E-state index >= 15 is 0 Å². The van der Waals surface area contributed by atoms with Crippen LogP contribution in [0.15, 0.2) is 33.2 Å². The second-order valence-electron chi connectivity index (χ2n) is 5.22. The fourth-order valence-electron chi connectivity index (χ4n) is 1.85. The molecule has 114 valence electrons. The van der Waals surface area contributed by atoms with E-state index in [-0.39, 0.29) is 12.4 Å². The van der Waals surface area contributed by atoms with Gasteiger partial charge in [0.05, 0.1) is 11.0 Å². The van der Waals surface area contributed by atoms with Crippen molar-refractivity contribution in [1.82, 2.24) is 5.32 Å². The molecule has 0 aliphatic heterocycles. The number of hydrogen-bond donors (Lipinski definition) is 1. The first-order valence-electron chi connectivity index (χ1n) is 6.85. The number of halogens is 2. The molecule has 0 bridgehead atoms. The molecule has 21 heavy (non-hydrogen) atoms. The number of benzene rings is 1. The van der Waals surface area contributed by atoms with Crippen LogP contribution >= 0.6 is 15.9 Å². The largest absolute Gasteiger partial charge is 0.486 e. The molecule has 3 nitrogen and oxygen atoms in total. The summed E-state index contributed by atoms with van der Waals surface area (Å²) in [5.74, 6) is 1.78. The first-order valence-corrected chi connectivity index (χ1v) is 7.64. The zero-order valence-corrected chi connectivity index (χ0v) is 14.0.